The molecule has 0 spiro atoms. The number of aliphatic hydroxyl groups excluding tert-OH is 1. The lowest BCUT2D eigenvalue weighted by molar-refractivity contribution is -0.124. The summed E-state index contributed by atoms with van der Waals surface area (Å²) in [5, 5.41) is 12.5. The van der Waals surface area contributed by atoms with Gasteiger partial charge < -0.3 is 19.9 Å². The van der Waals surface area contributed by atoms with Crippen LogP contribution in [0.2, 0.25) is 0 Å². The van der Waals surface area contributed by atoms with Crippen molar-refractivity contribution in [2.24, 2.45) is 0 Å². The van der Waals surface area contributed by atoms with Crippen LogP contribution in [0.1, 0.15) is 31.4 Å². The summed E-state index contributed by atoms with van der Waals surface area (Å²) < 4.78 is 23.8. The Bertz CT molecular complexity index is 487. The zero-order valence-corrected chi connectivity index (χ0v) is 12.0. The van der Waals surface area contributed by atoms with Gasteiger partial charge >= 0.3 is 0 Å². The summed E-state index contributed by atoms with van der Waals surface area (Å²) in [6, 6.07) is 3.96. The third-order valence-corrected chi connectivity index (χ3v) is 3.37. The van der Waals surface area contributed by atoms with Crippen LogP contribution in [0.4, 0.5) is 4.39 Å². The molecule has 1 aromatic carbocycles. The SMILES string of the molecule is CC(O)c1cc(F)ccc1OCC(=O)NC1CCOCC1. The average Bonchev–Trinajstić information content (AvgIpc) is 2.47. The normalized spacial score (nSPS) is 17.3. The Morgan fingerprint density at radius 3 is 2.90 bits per heavy atom. The van der Waals surface area contributed by atoms with E-state index < -0.39 is 11.9 Å². The molecule has 1 aliphatic rings. The molecule has 1 aliphatic heterocycles. The molecule has 0 radical (unpaired) electrons. The number of ether oxygens (including phenoxy) is 2. The van der Waals surface area contributed by atoms with Crippen molar-refractivity contribution < 1.29 is 23.8 Å². The first-order valence-electron chi connectivity index (χ1n) is 7.03. The molecule has 21 heavy (non-hydrogen) atoms. The van der Waals surface area contributed by atoms with E-state index in [0.717, 1.165) is 12.8 Å². The number of halogens is 1. The van der Waals surface area contributed by atoms with Crippen molar-refractivity contribution in [3.8, 4) is 5.75 Å². The van der Waals surface area contributed by atoms with Gasteiger partial charge in [-0.1, -0.05) is 0 Å². The number of amides is 1. The van der Waals surface area contributed by atoms with E-state index in [1.807, 2.05) is 0 Å². The number of rotatable bonds is 5. The number of hydrogen-bond donors (Lipinski definition) is 2. The first kappa shape index (κ1) is 15.7. The van der Waals surface area contributed by atoms with Gasteiger partial charge in [0, 0.05) is 24.8 Å². The zero-order valence-electron chi connectivity index (χ0n) is 12.0. The molecule has 1 saturated heterocycles. The standard InChI is InChI=1S/C15H20FNO4/c1-10(18)13-8-11(16)2-3-14(13)21-9-15(19)17-12-4-6-20-7-5-12/h2-3,8,10,12,18H,4-7,9H2,1H3,(H,17,19). The van der Waals surface area contributed by atoms with Crippen molar-refractivity contribution in [1.29, 1.82) is 0 Å². The van der Waals surface area contributed by atoms with E-state index in [4.69, 9.17) is 9.47 Å². The van der Waals surface area contributed by atoms with Crippen LogP contribution in [0.5, 0.6) is 5.75 Å². The maximum atomic E-state index is 13.2. The Morgan fingerprint density at radius 2 is 2.24 bits per heavy atom. The Morgan fingerprint density at radius 1 is 1.52 bits per heavy atom. The molecule has 0 aromatic heterocycles. The van der Waals surface area contributed by atoms with Gasteiger partial charge in [-0.15, -0.1) is 0 Å². The van der Waals surface area contributed by atoms with Crippen LogP contribution < -0.4 is 10.1 Å². The van der Waals surface area contributed by atoms with E-state index in [-0.39, 0.29) is 18.6 Å². The Labute approximate surface area is 123 Å². The quantitative estimate of drug-likeness (QED) is 0.865. The number of carbonyl (C=O) groups is 1. The highest BCUT2D eigenvalue weighted by atomic mass is 19.1. The second kappa shape index (κ2) is 7.38. The number of benzene rings is 1. The van der Waals surface area contributed by atoms with E-state index >= 15 is 0 Å². The van der Waals surface area contributed by atoms with Crippen molar-refractivity contribution in [2.45, 2.75) is 31.9 Å². The molecule has 0 bridgehead atoms. The minimum absolute atomic E-state index is 0.110. The first-order valence-corrected chi connectivity index (χ1v) is 7.03. The topological polar surface area (TPSA) is 67.8 Å². The van der Waals surface area contributed by atoms with Crippen LogP contribution in [-0.2, 0) is 9.53 Å². The molecule has 5 nitrogen and oxygen atoms in total. The van der Waals surface area contributed by atoms with E-state index in [9.17, 15) is 14.3 Å². The second-order valence-electron chi connectivity index (χ2n) is 5.10. The van der Waals surface area contributed by atoms with Crippen molar-refractivity contribution in [1.82, 2.24) is 5.32 Å². The highest BCUT2D eigenvalue weighted by molar-refractivity contribution is 5.77. The van der Waals surface area contributed by atoms with Gasteiger partial charge in [0.2, 0.25) is 0 Å². The molecule has 0 saturated carbocycles. The molecular formula is C15H20FNO4. The van der Waals surface area contributed by atoms with Crippen LogP contribution in [-0.4, -0.2) is 36.9 Å². The van der Waals surface area contributed by atoms with Crippen LogP contribution in [0.15, 0.2) is 18.2 Å². The van der Waals surface area contributed by atoms with Crippen molar-refractivity contribution in [3.05, 3.63) is 29.6 Å². The Hall–Kier alpha value is -1.66. The first-order chi connectivity index (χ1) is 10.1. The fourth-order valence-electron chi connectivity index (χ4n) is 2.23. The lowest BCUT2D eigenvalue weighted by Gasteiger charge is -2.23. The minimum Gasteiger partial charge on any atom is -0.483 e. The lowest BCUT2D eigenvalue weighted by Crippen LogP contribution is -2.41. The smallest absolute Gasteiger partial charge is 0.258 e. The third-order valence-electron chi connectivity index (χ3n) is 3.37. The summed E-state index contributed by atoms with van der Waals surface area (Å²) in [4.78, 5) is 11.8. The summed E-state index contributed by atoms with van der Waals surface area (Å²) in [6.45, 7) is 2.65. The summed E-state index contributed by atoms with van der Waals surface area (Å²) >= 11 is 0. The van der Waals surface area contributed by atoms with Gasteiger partial charge in [-0.3, -0.25) is 4.79 Å². The van der Waals surface area contributed by atoms with E-state index in [1.165, 1.54) is 25.1 Å². The van der Waals surface area contributed by atoms with E-state index in [1.54, 1.807) is 0 Å². The number of carbonyl (C=O) groups excluding carboxylic acids is 1. The largest absolute Gasteiger partial charge is 0.483 e. The maximum absolute atomic E-state index is 13.2. The lowest BCUT2D eigenvalue weighted by atomic mass is 10.1. The summed E-state index contributed by atoms with van der Waals surface area (Å²) in [5.74, 6) is -0.374. The highest BCUT2D eigenvalue weighted by Crippen LogP contribution is 2.25. The van der Waals surface area contributed by atoms with Crippen LogP contribution >= 0.6 is 0 Å². The van der Waals surface area contributed by atoms with Gasteiger partial charge in [0.25, 0.3) is 5.91 Å². The fraction of sp³-hybridized carbons (Fsp3) is 0.533. The average molecular weight is 297 g/mol. The van der Waals surface area contributed by atoms with Crippen LogP contribution in [0.25, 0.3) is 0 Å². The monoisotopic (exact) mass is 297 g/mol. The molecule has 2 rings (SSSR count). The van der Waals surface area contributed by atoms with Gasteiger partial charge in [0.1, 0.15) is 11.6 Å². The van der Waals surface area contributed by atoms with Gasteiger partial charge in [0.15, 0.2) is 6.61 Å². The molecule has 1 amide bonds. The summed E-state index contributed by atoms with van der Waals surface area (Å²) in [5.41, 5.74) is 0.328. The number of hydrogen-bond acceptors (Lipinski definition) is 4. The van der Waals surface area contributed by atoms with Gasteiger partial charge in [-0.25, -0.2) is 4.39 Å². The van der Waals surface area contributed by atoms with Crippen molar-refractivity contribution in [3.63, 3.8) is 0 Å². The summed E-state index contributed by atoms with van der Waals surface area (Å²) in [7, 11) is 0. The second-order valence-corrected chi connectivity index (χ2v) is 5.10. The van der Waals surface area contributed by atoms with E-state index in [2.05, 4.69) is 5.32 Å². The maximum Gasteiger partial charge on any atom is 0.258 e. The molecule has 1 atom stereocenters. The van der Waals surface area contributed by atoms with Gasteiger partial charge in [0.05, 0.1) is 6.10 Å². The van der Waals surface area contributed by atoms with Crippen LogP contribution in [0.3, 0.4) is 0 Å². The van der Waals surface area contributed by atoms with Gasteiger partial charge in [-0.2, -0.15) is 0 Å². The molecule has 1 unspecified atom stereocenters. The molecule has 2 N–H and O–H groups in total. The molecule has 1 fully saturated rings. The van der Waals surface area contributed by atoms with Gasteiger partial charge in [-0.05, 0) is 38.0 Å². The molecular weight excluding hydrogens is 277 g/mol. The van der Waals surface area contributed by atoms with Crippen molar-refractivity contribution >= 4 is 5.91 Å². The van der Waals surface area contributed by atoms with E-state index in [0.29, 0.717) is 24.5 Å². The fourth-order valence-corrected chi connectivity index (χ4v) is 2.23. The number of aliphatic hydroxyl groups is 1. The Kier molecular flexibility index (Phi) is 5.52. The zero-order chi connectivity index (χ0) is 15.2. The molecule has 1 heterocycles. The molecule has 6 heteroatoms. The molecule has 1 aromatic rings. The minimum atomic E-state index is -0.866. The Balaban J connectivity index is 1.88. The third kappa shape index (κ3) is 4.68. The highest BCUT2D eigenvalue weighted by Gasteiger charge is 2.17. The van der Waals surface area contributed by atoms with Crippen molar-refractivity contribution in [2.75, 3.05) is 19.8 Å². The van der Waals surface area contributed by atoms with Crippen LogP contribution in [0, 0.1) is 5.82 Å². The molecule has 116 valence electrons. The number of nitrogens with one attached hydrogen (secondary N) is 1. The molecule has 0 aliphatic carbocycles. The summed E-state index contributed by atoms with van der Waals surface area (Å²) in [6.07, 6.45) is 0.719. The predicted molar refractivity (Wildman–Crippen MR) is 74.5 cm³/mol. The predicted octanol–water partition coefficient (Wildman–Crippen LogP) is 1.55.